The van der Waals surface area contributed by atoms with Crippen LogP contribution < -0.4 is 5.32 Å². The van der Waals surface area contributed by atoms with Gasteiger partial charge in [-0.15, -0.1) is 0 Å². The molecule has 2 saturated heterocycles. The lowest BCUT2D eigenvalue weighted by molar-refractivity contribution is -0.00644. The van der Waals surface area contributed by atoms with Gasteiger partial charge in [-0.3, -0.25) is 0 Å². The second kappa shape index (κ2) is 4.44. The molecule has 2 amide bonds. The average molecular weight is 276 g/mol. The van der Waals surface area contributed by atoms with Gasteiger partial charge >= 0.3 is 6.03 Å². The van der Waals surface area contributed by atoms with E-state index in [1.54, 1.807) is 0 Å². The summed E-state index contributed by atoms with van der Waals surface area (Å²) >= 11 is 0. The van der Waals surface area contributed by atoms with Crippen molar-refractivity contribution in [2.45, 2.75) is 25.8 Å². The van der Waals surface area contributed by atoms with Crippen molar-refractivity contribution in [3.05, 3.63) is 11.4 Å². The molecule has 4 heterocycles. The van der Waals surface area contributed by atoms with Crippen molar-refractivity contribution >= 4 is 6.03 Å². The van der Waals surface area contributed by atoms with Crippen molar-refractivity contribution in [1.29, 1.82) is 0 Å². The molecule has 0 aliphatic carbocycles. The smallest absolute Gasteiger partial charge is 0.320 e. The van der Waals surface area contributed by atoms with Crippen molar-refractivity contribution in [3.8, 4) is 0 Å². The van der Waals surface area contributed by atoms with E-state index in [-0.39, 0.29) is 6.03 Å². The molecular weight excluding hydrogens is 256 g/mol. The predicted molar refractivity (Wildman–Crippen MR) is 72.0 cm³/mol. The summed E-state index contributed by atoms with van der Waals surface area (Å²) in [6.45, 7) is 5.38. The summed E-state index contributed by atoms with van der Waals surface area (Å²) in [7, 11) is 0. The number of nitrogens with zero attached hydrogens (tertiary/aromatic N) is 4. The van der Waals surface area contributed by atoms with Crippen LogP contribution in [0.3, 0.4) is 0 Å². The van der Waals surface area contributed by atoms with Gasteiger partial charge in [-0.1, -0.05) is 0 Å². The van der Waals surface area contributed by atoms with E-state index >= 15 is 0 Å². The van der Waals surface area contributed by atoms with Crippen molar-refractivity contribution in [2.75, 3.05) is 32.7 Å². The fraction of sp³-hybridized carbons (Fsp3) is 0.769. The molecule has 2 fully saturated rings. The number of nitrogens with one attached hydrogen (secondary N) is 2. The maximum Gasteiger partial charge on any atom is 0.320 e. The van der Waals surface area contributed by atoms with Crippen LogP contribution in [0.2, 0.25) is 0 Å². The Balaban J connectivity index is 1.38. The minimum absolute atomic E-state index is 0.169. The number of hydrogen-bond donors (Lipinski definition) is 2. The summed E-state index contributed by atoms with van der Waals surface area (Å²) in [4.78, 5) is 16.4. The van der Waals surface area contributed by atoms with Crippen molar-refractivity contribution in [3.63, 3.8) is 0 Å². The maximum absolute atomic E-state index is 12.5. The van der Waals surface area contributed by atoms with Crippen molar-refractivity contribution in [1.82, 2.24) is 30.5 Å². The van der Waals surface area contributed by atoms with E-state index in [9.17, 15) is 4.79 Å². The highest BCUT2D eigenvalue weighted by molar-refractivity contribution is 5.75. The van der Waals surface area contributed by atoms with E-state index in [1.807, 2.05) is 9.80 Å². The molecular formula is C13H20N6O. The summed E-state index contributed by atoms with van der Waals surface area (Å²) in [5.74, 6) is 0. The Morgan fingerprint density at radius 3 is 2.65 bits per heavy atom. The number of aromatic amines is 1. The number of fused-ring (bicyclic) bond motifs is 1. The van der Waals surface area contributed by atoms with Crippen LogP contribution in [-0.2, 0) is 13.0 Å². The first kappa shape index (κ1) is 12.1. The van der Waals surface area contributed by atoms with E-state index in [0.29, 0.717) is 12.0 Å². The number of aromatic nitrogens is 3. The molecule has 108 valence electrons. The normalized spacial score (nSPS) is 24.4. The Kier molecular flexibility index (Phi) is 2.70. The van der Waals surface area contributed by atoms with Gasteiger partial charge in [0, 0.05) is 31.5 Å². The Morgan fingerprint density at radius 1 is 1.10 bits per heavy atom. The first-order valence-electron chi connectivity index (χ1n) is 7.39. The van der Waals surface area contributed by atoms with Gasteiger partial charge in [0.2, 0.25) is 0 Å². The zero-order chi connectivity index (χ0) is 13.6. The molecule has 0 bridgehead atoms. The lowest BCUT2D eigenvalue weighted by atomic mass is 9.72. The molecule has 0 aromatic carbocycles. The van der Waals surface area contributed by atoms with E-state index in [1.165, 1.54) is 12.8 Å². The Morgan fingerprint density at radius 2 is 1.85 bits per heavy atom. The molecule has 3 aliphatic heterocycles. The van der Waals surface area contributed by atoms with E-state index in [2.05, 4.69) is 20.7 Å². The number of carbonyl (C=O) groups is 1. The molecule has 7 heteroatoms. The summed E-state index contributed by atoms with van der Waals surface area (Å²) in [6.07, 6.45) is 3.20. The summed E-state index contributed by atoms with van der Waals surface area (Å²) in [5, 5.41) is 14.3. The van der Waals surface area contributed by atoms with Gasteiger partial charge in [-0.05, 0) is 25.9 Å². The number of rotatable bonds is 0. The molecule has 7 nitrogen and oxygen atoms in total. The van der Waals surface area contributed by atoms with Crippen molar-refractivity contribution < 1.29 is 4.79 Å². The number of piperidine rings is 1. The van der Waals surface area contributed by atoms with Gasteiger partial charge in [0.1, 0.15) is 5.69 Å². The third-order valence-corrected chi connectivity index (χ3v) is 4.92. The van der Waals surface area contributed by atoms with Crippen LogP contribution in [0, 0.1) is 5.41 Å². The Labute approximate surface area is 117 Å². The van der Waals surface area contributed by atoms with Gasteiger partial charge in [0.25, 0.3) is 0 Å². The minimum Gasteiger partial charge on any atom is -0.323 e. The molecule has 1 aromatic heterocycles. The second-order valence-corrected chi connectivity index (χ2v) is 6.28. The number of urea groups is 1. The first-order valence-corrected chi connectivity index (χ1v) is 7.39. The highest BCUT2D eigenvalue weighted by Gasteiger charge is 2.46. The van der Waals surface area contributed by atoms with Crippen LogP contribution in [0.25, 0.3) is 0 Å². The molecule has 20 heavy (non-hydrogen) atoms. The van der Waals surface area contributed by atoms with Crippen LogP contribution in [0.5, 0.6) is 0 Å². The molecule has 0 radical (unpaired) electrons. The summed E-state index contributed by atoms with van der Waals surface area (Å²) in [6, 6.07) is 0.169. The lowest BCUT2D eigenvalue weighted by Gasteiger charge is -2.53. The molecule has 1 spiro atoms. The molecule has 0 unspecified atom stereocenters. The van der Waals surface area contributed by atoms with Crippen LogP contribution in [0.15, 0.2) is 0 Å². The van der Waals surface area contributed by atoms with Crippen LogP contribution in [0.4, 0.5) is 4.79 Å². The van der Waals surface area contributed by atoms with Crippen molar-refractivity contribution in [2.24, 2.45) is 5.41 Å². The highest BCUT2D eigenvalue weighted by atomic mass is 16.2. The van der Waals surface area contributed by atoms with E-state index < -0.39 is 0 Å². The number of likely N-dealkylation sites (tertiary alicyclic amines) is 1. The monoisotopic (exact) mass is 276 g/mol. The highest BCUT2D eigenvalue weighted by Crippen LogP contribution is 2.39. The quantitative estimate of drug-likeness (QED) is 0.697. The van der Waals surface area contributed by atoms with E-state index in [0.717, 1.165) is 50.5 Å². The van der Waals surface area contributed by atoms with Gasteiger partial charge in [0.15, 0.2) is 0 Å². The molecule has 0 atom stereocenters. The number of carbonyl (C=O) groups excluding carboxylic acids is 1. The van der Waals surface area contributed by atoms with Crippen LogP contribution in [-0.4, -0.2) is 64.0 Å². The zero-order valence-electron chi connectivity index (χ0n) is 11.6. The molecule has 0 saturated carbocycles. The van der Waals surface area contributed by atoms with Gasteiger partial charge in [-0.2, -0.15) is 15.4 Å². The molecule has 2 N–H and O–H groups in total. The Hall–Kier alpha value is -1.63. The topological polar surface area (TPSA) is 77.2 Å². The predicted octanol–water partition coefficient (Wildman–Crippen LogP) is -0.0318. The van der Waals surface area contributed by atoms with E-state index in [4.69, 9.17) is 0 Å². The largest absolute Gasteiger partial charge is 0.323 e. The fourth-order valence-corrected chi connectivity index (χ4v) is 3.64. The third-order valence-electron chi connectivity index (χ3n) is 4.92. The first-order chi connectivity index (χ1) is 9.76. The third kappa shape index (κ3) is 1.88. The van der Waals surface area contributed by atoms with Gasteiger partial charge in [0.05, 0.1) is 12.2 Å². The molecule has 3 aliphatic rings. The fourth-order valence-electron chi connectivity index (χ4n) is 3.64. The summed E-state index contributed by atoms with van der Waals surface area (Å²) in [5.41, 5.74) is 2.32. The van der Waals surface area contributed by atoms with Crippen LogP contribution >= 0.6 is 0 Å². The van der Waals surface area contributed by atoms with Crippen LogP contribution in [0.1, 0.15) is 24.2 Å². The maximum atomic E-state index is 12.5. The number of H-pyrrole nitrogens is 1. The standard InChI is InChI=1S/C13H20N6O/c20-12(18-6-1-10-11(7-18)16-17-15-10)19-8-13(9-19)2-4-14-5-3-13/h14H,1-9H2,(H,15,16,17). The second-order valence-electron chi connectivity index (χ2n) is 6.28. The van der Waals surface area contributed by atoms with Gasteiger partial charge in [-0.25, -0.2) is 4.79 Å². The zero-order valence-corrected chi connectivity index (χ0v) is 11.6. The number of amides is 2. The lowest BCUT2D eigenvalue weighted by Crippen LogP contribution is -2.64. The summed E-state index contributed by atoms with van der Waals surface area (Å²) < 4.78 is 0. The minimum atomic E-state index is 0.169. The van der Waals surface area contributed by atoms with Gasteiger partial charge < -0.3 is 15.1 Å². The average Bonchev–Trinajstić information content (AvgIpc) is 2.92. The SMILES string of the molecule is O=C(N1CCc2n[nH]nc2C1)N1CC2(CCNCC2)C1. The molecule has 1 aromatic rings. The number of hydrogen-bond acceptors (Lipinski definition) is 4. The molecule has 4 rings (SSSR count). The Bertz CT molecular complexity index is 513.